The molecular formula is C18H37IN4O. The molecule has 2 unspecified atom stereocenters. The first-order chi connectivity index (χ1) is 11.1. The number of nitrogens with zero attached hydrogens (tertiary/aromatic N) is 3. The van der Waals surface area contributed by atoms with Crippen LogP contribution in [0.2, 0.25) is 0 Å². The van der Waals surface area contributed by atoms with Crippen LogP contribution in [0.15, 0.2) is 4.99 Å². The standard InChI is InChI=1S/C18H36N4O.HI/c1-5-19-18(22-8-6-7-16(4)14-22)20-13-17(15(2)3)21-9-11-23-12-10-21;/h15-17H,5-14H2,1-4H3,(H,19,20);1H. The highest BCUT2D eigenvalue weighted by Crippen LogP contribution is 2.17. The van der Waals surface area contributed by atoms with Gasteiger partial charge >= 0.3 is 0 Å². The van der Waals surface area contributed by atoms with Gasteiger partial charge < -0.3 is 15.0 Å². The Hall–Kier alpha value is -0.0800. The van der Waals surface area contributed by atoms with Crippen molar-refractivity contribution in [1.82, 2.24) is 15.1 Å². The molecule has 0 radical (unpaired) electrons. The molecule has 24 heavy (non-hydrogen) atoms. The van der Waals surface area contributed by atoms with E-state index in [0.717, 1.165) is 64.4 Å². The Bertz CT molecular complexity index is 372. The summed E-state index contributed by atoms with van der Waals surface area (Å²) in [4.78, 5) is 10.0. The van der Waals surface area contributed by atoms with Gasteiger partial charge in [-0.25, -0.2) is 0 Å². The van der Waals surface area contributed by atoms with Crippen LogP contribution >= 0.6 is 24.0 Å². The van der Waals surface area contributed by atoms with E-state index in [4.69, 9.17) is 9.73 Å². The molecule has 2 rings (SSSR count). The summed E-state index contributed by atoms with van der Waals surface area (Å²) >= 11 is 0. The lowest BCUT2D eigenvalue weighted by atomic mass is 10.0. The predicted octanol–water partition coefficient (Wildman–Crippen LogP) is 2.66. The van der Waals surface area contributed by atoms with Crippen molar-refractivity contribution in [2.24, 2.45) is 16.8 Å². The summed E-state index contributed by atoms with van der Waals surface area (Å²) < 4.78 is 5.50. The minimum absolute atomic E-state index is 0. The largest absolute Gasteiger partial charge is 0.379 e. The van der Waals surface area contributed by atoms with E-state index in [1.165, 1.54) is 12.8 Å². The molecule has 0 amide bonds. The molecule has 0 spiro atoms. The number of piperidine rings is 1. The van der Waals surface area contributed by atoms with Gasteiger partial charge in [-0.05, 0) is 31.6 Å². The molecule has 2 heterocycles. The van der Waals surface area contributed by atoms with Crippen LogP contribution in [0.4, 0.5) is 0 Å². The van der Waals surface area contributed by atoms with Crippen molar-refractivity contribution in [3.05, 3.63) is 0 Å². The summed E-state index contributed by atoms with van der Waals surface area (Å²) in [7, 11) is 0. The fraction of sp³-hybridized carbons (Fsp3) is 0.944. The second-order valence-corrected chi connectivity index (χ2v) is 7.35. The van der Waals surface area contributed by atoms with Crippen LogP contribution in [-0.4, -0.2) is 74.3 Å². The van der Waals surface area contributed by atoms with E-state index in [-0.39, 0.29) is 24.0 Å². The minimum Gasteiger partial charge on any atom is -0.379 e. The molecule has 2 atom stereocenters. The highest BCUT2D eigenvalue weighted by Gasteiger charge is 2.25. The van der Waals surface area contributed by atoms with E-state index in [1.807, 2.05) is 0 Å². The van der Waals surface area contributed by atoms with E-state index in [2.05, 4.69) is 42.8 Å². The predicted molar refractivity (Wildman–Crippen MR) is 112 cm³/mol. The summed E-state index contributed by atoms with van der Waals surface area (Å²) in [5, 5.41) is 3.50. The monoisotopic (exact) mass is 452 g/mol. The quantitative estimate of drug-likeness (QED) is 0.396. The lowest BCUT2D eigenvalue weighted by Crippen LogP contribution is -2.49. The first kappa shape index (κ1) is 22.0. The first-order valence-corrected chi connectivity index (χ1v) is 9.46. The molecule has 142 valence electrons. The second-order valence-electron chi connectivity index (χ2n) is 7.35. The zero-order valence-electron chi connectivity index (χ0n) is 16.0. The topological polar surface area (TPSA) is 40.1 Å². The van der Waals surface area contributed by atoms with Crippen LogP contribution in [0.25, 0.3) is 0 Å². The number of rotatable bonds is 5. The zero-order valence-corrected chi connectivity index (χ0v) is 18.3. The Morgan fingerprint density at radius 2 is 1.96 bits per heavy atom. The number of ether oxygens (including phenoxy) is 1. The molecule has 2 aliphatic rings. The molecule has 6 heteroatoms. The molecule has 2 aliphatic heterocycles. The molecular weight excluding hydrogens is 415 g/mol. The molecule has 2 fully saturated rings. The SMILES string of the molecule is CCNC(=NCC(C(C)C)N1CCOCC1)N1CCCC(C)C1.I. The van der Waals surface area contributed by atoms with Crippen LogP contribution in [0.3, 0.4) is 0 Å². The first-order valence-electron chi connectivity index (χ1n) is 9.46. The molecule has 0 aromatic heterocycles. The van der Waals surface area contributed by atoms with Crippen molar-refractivity contribution in [3.63, 3.8) is 0 Å². The van der Waals surface area contributed by atoms with Gasteiger partial charge in [0.05, 0.1) is 19.8 Å². The normalized spacial score (nSPS) is 24.6. The lowest BCUT2D eigenvalue weighted by molar-refractivity contribution is 0.00861. The average molecular weight is 452 g/mol. The summed E-state index contributed by atoms with van der Waals surface area (Å²) in [6.07, 6.45) is 2.63. The summed E-state index contributed by atoms with van der Waals surface area (Å²) in [6.45, 7) is 17.0. The summed E-state index contributed by atoms with van der Waals surface area (Å²) in [5.41, 5.74) is 0. The molecule has 0 aromatic rings. The molecule has 1 N–H and O–H groups in total. The van der Waals surface area contributed by atoms with Gasteiger partial charge in [0.2, 0.25) is 0 Å². The number of likely N-dealkylation sites (tertiary alicyclic amines) is 1. The Labute approximate surface area is 165 Å². The van der Waals surface area contributed by atoms with E-state index in [9.17, 15) is 0 Å². The Morgan fingerprint density at radius 1 is 1.25 bits per heavy atom. The molecule has 0 aliphatic carbocycles. The van der Waals surface area contributed by atoms with E-state index in [0.29, 0.717) is 12.0 Å². The minimum atomic E-state index is 0. The Balaban J connectivity index is 0.00000288. The van der Waals surface area contributed by atoms with Gasteiger partial charge in [-0.2, -0.15) is 0 Å². The molecule has 0 saturated carbocycles. The van der Waals surface area contributed by atoms with Crippen molar-refractivity contribution < 1.29 is 4.74 Å². The summed E-state index contributed by atoms with van der Waals surface area (Å²) in [6, 6.07) is 0.509. The maximum absolute atomic E-state index is 5.50. The van der Waals surface area contributed by atoms with Crippen LogP contribution in [-0.2, 0) is 4.74 Å². The zero-order chi connectivity index (χ0) is 16.7. The van der Waals surface area contributed by atoms with Crippen LogP contribution in [0.5, 0.6) is 0 Å². The Kier molecular flexibility index (Phi) is 10.5. The third-order valence-electron chi connectivity index (χ3n) is 5.00. The smallest absolute Gasteiger partial charge is 0.193 e. The number of morpholine rings is 1. The van der Waals surface area contributed by atoms with Gasteiger partial charge in [-0.3, -0.25) is 9.89 Å². The van der Waals surface area contributed by atoms with E-state index < -0.39 is 0 Å². The highest BCUT2D eigenvalue weighted by atomic mass is 127. The maximum atomic E-state index is 5.50. The highest BCUT2D eigenvalue weighted by molar-refractivity contribution is 14.0. The second kappa shape index (κ2) is 11.5. The molecule has 0 bridgehead atoms. The fourth-order valence-electron chi connectivity index (χ4n) is 3.64. The van der Waals surface area contributed by atoms with Crippen LogP contribution < -0.4 is 5.32 Å². The van der Waals surface area contributed by atoms with Crippen molar-refractivity contribution in [2.45, 2.75) is 46.6 Å². The number of hydrogen-bond acceptors (Lipinski definition) is 3. The Morgan fingerprint density at radius 3 is 2.54 bits per heavy atom. The van der Waals surface area contributed by atoms with Gasteiger partial charge in [0, 0.05) is 38.8 Å². The number of nitrogens with one attached hydrogen (secondary N) is 1. The number of halogens is 1. The van der Waals surface area contributed by atoms with Crippen molar-refractivity contribution in [2.75, 3.05) is 52.5 Å². The van der Waals surface area contributed by atoms with E-state index >= 15 is 0 Å². The van der Waals surface area contributed by atoms with Crippen molar-refractivity contribution in [3.8, 4) is 0 Å². The average Bonchev–Trinajstić information content (AvgIpc) is 2.55. The number of guanidine groups is 1. The number of aliphatic imine (C=N–C) groups is 1. The fourth-order valence-corrected chi connectivity index (χ4v) is 3.64. The van der Waals surface area contributed by atoms with Gasteiger partial charge in [0.15, 0.2) is 5.96 Å². The third-order valence-corrected chi connectivity index (χ3v) is 5.00. The third kappa shape index (κ3) is 6.67. The molecule has 0 aromatic carbocycles. The lowest BCUT2D eigenvalue weighted by Gasteiger charge is -2.37. The summed E-state index contributed by atoms with van der Waals surface area (Å²) in [5.74, 6) is 2.49. The van der Waals surface area contributed by atoms with Crippen molar-refractivity contribution in [1.29, 1.82) is 0 Å². The molecule has 2 saturated heterocycles. The van der Waals surface area contributed by atoms with Crippen molar-refractivity contribution >= 4 is 29.9 Å². The maximum Gasteiger partial charge on any atom is 0.193 e. The van der Waals surface area contributed by atoms with Gasteiger partial charge in [0.1, 0.15) is 0 Å². The van der Waals surface area contributed by atoms with E-state index in [1.54, 1.807) is 0 Å². The van der Waals surface area contributed by atoms with Crippen LogP contribution in [0, 0.1) is 11.8 Å². The van der Waals surface area contributed by atoms with Gasteiger partial charge in [0.25, 0.3) is 0 Å². The number of hydrogen-bond donors (Lipinski definition) is 1. The van der Waals surface area contributed by atoms with Crippen LogP contribution in [0.1, 0.15) is 40.5 Å². The van der Waals surface area contributed by atoms with Gasteiger partial charge in [-0.15, -0.1) is 24.0 Å². The van der Waals surface area contributed by atoms with Gasteiger partial charge in [-0.1, -0.05) is 20.8 Å². The molecule has 5 nitrogen and oxygen atoms in total.